The van der Waals surface area contributed by atoms with Crippen molar-refractivity contribution >= 4 is 12.1 Å². The van der Waals surface area contributed by atoms with Crippen molar-refractivity contribution < 1.29 is 14.3 Å². The van der Waals surface area contributed by atoms with Gasteiger partial charge in [-0.05, 0) is 52.5 Å². The lowest BCUT2D eigenvalue weighted by atomic mass is 10.0. The van der Waals surface area contributed by atoms with E-state index in [0.717, 1.165) is 36.7 Å². The Morgan fingerprint density at radius 2 is 2.04 bits per heavy atom. The van der Waals surface area contributed by atoms with Crippen LogP contribution in [-0.4, -0.2) is 44.9 Å². The average molecular weight is 391 g/mol. The first kappa shape index (κ1) is 21.9. The summed E-state index contributed by atoms with van der Waals surface area (Å²) in [5, 5.41) is 9.67. The van der Waals surface area contributed by atoms with Crippen LogP contribution in [0.15, 0.2) is 23.2 Å². The summed E-state index contributed by atoms with van der Waals surface area (Å²) in [5.74, 6) is 2.04. The SMILES string of the molecule is CCNC(=NCC(NC(=O)OCC)C1CC1)NC(C)c1cc(C)ccc1OC. The predicted molar refractivity (Wildman–Crippen MR) is 112 cm³/mol. The van der Waals surface area contributed by atoms with Gasteiger partial charge in [0.1, 0.15) is 5.75 Å². The highest BCUT2D eigenvalue weighted by molar-refractivity contribution is 5.80. The van der Waals surface area contributed by atoms with E-state index in [1.165, 1.54) is 5.56 Å². The maximum Gasteiger partial charge on any atom is 0.407 e. The van der Waals surface area contributed by atoms with E-state index in [4.69, 9.17) is 14.5 Å². The second-order valence-electron chi connectivity index (χ2n) is 7.14. The number of guanidine groups is 1. The third kappa shape index (κ3) is 6.62. The van der Waals surface area contributed by atoms with E-state index in [0.29, 0.717) is 19.1 Å². The molecule has 1 amide bonds. The van der Waals surface area contributed by atoms with Crippen LogP contribution in [0.4, 0.5) is 4.79 Å². The first-order valence-corrected chi connectivity index (χ1v) is 10.1. The molecule has 0 radical (unpaired) electrons. The highest BCUT2D eigenvalue weighted by atomic mass is 16.5. The number of carbonyl (C=O) groups excluding carboxylic acids is 1. The maximum atomic E-state index is 11.8. The second-order valence-corrected chi connectivity index (χ2v) is 7.14. The number of nitrogens with one attached hydrogen (secondary N) is 3. The number of amides is 1. The number of rotatable bonds is 9. The molecule has 156 valence electrons. The summed E-state index contributed by atoms with van der Waals surface area (Å²) in [6, 6.07) is 6.16. The van der Waals surface area contributed by atoms with Gasteiger partial charge in [-0.15, -0.1) is 0 Å². The second kappa shape index (κ2) is 10.8. The third-order valence-electron chi connectivity index (χ3n) is 4.76. The van der Waals surface area contributed by atoms with E-state index in [9.17, 15) is 4.79 Å². The van der Waals surface area contributed by atoms with Gasteiger partial charge in [0, 0.05) is 12.1 Å². The highest BCUT2D eigenvalue weighted by Gasteiger charge is 2.32. The van der Waals surface area contributed by atoms with Crippen LogP contribution >= 0.6 is 0 Å². The molecule has 2 unspecified atom stereocenters. The molecule has 0 saturated heterocycles. The molecule has 1 aliphatic carbocycles. The maximum absolute atomic E-state index is 11.8. The summed E-state index contributed by atoms with van der Waals surface area (Å²) in [5.41, 5.74) is 2.26. The Balaban J connectivity index is 2.06. The molecule has 1 aromatic carbocycles. The molecule has 0 spiro atoms. The summed E-state index contributed by atoms with van der Waals surface area (Å²) in [7, 11) is 1.68. The topological polar surface area (TPSA) is 84.0 Å². The van der Waals surface area contributed by atoms with Crippen LogP contribution in [0.2, 0.25) is 0 Å². The van der Waals surface area contributed by atoms with Gasteiger partial charge in [0.05, 0.1) is 32.3 Å². The van der Waals surface area contributed by atoms with E-state index >= 15 is 0 Å². The molecule has 1 saturated carbocycles. The molecule has 7 nitrogen and oxygen atoms in total. The zero-order valence-corrected chi connectivity index (χ0v) is 17.7. The first-order chi connectivity index (χ1) is 13.5. The van der Waals surface area contributed by atoms with Gasteiger partial charge < -0.3 is 25.4 Å². The minimum atomic E-state index is -0.370. The van der Waals surface area contributed by atoms with Gasteiger partial charge in [-0.1, -0.05) is 17.7 Å². The molecular formula is C21H34N4O3. The molecule has 1 aromatic rings. The molecule has 0 bridgehead atoms. The van der Waals surface area contributed by atoms with Crippen molar-refractivity contribution in [2.45, 2.75) is 52.6 Å². The lowest BCUT2D eigenvalue weighted by molar-refractivity contribution is 0.147. The van der Waals surface area contributed by atoms with Gasteiger partial charge in [-0.25, -0.2) is 4.79 Å². The number of methoxy groups -OCH3 is 1. The number of nitrogens with zero attached hydrogens (tertiary/aromatic N) is 1. The summed E-state index contributed by atoms with van der Waals surface area (Å²) in [4.78, 5) is 16.5. The number of hydrogen-bond acceptors (Lipinski definition) is 4. The quantitative estimate of drug-likeness (QED) is 0.446. The number of aliphatic imine (C=N–C) groups is 1. The Morgan fingerprint density at radius 3 is 2.64 bits per heavy atom. The normalized spacial score (nSPS) is 16.1. The smallest absolute Gasteiger partial charge is 0.407 e. The van der Waals surface area contributed by atoms with Crippen molar-refractivity contribution in [3.8, 4) is 5.75 Å². The Labute approximate surface area is 168 Å². The van der Waals surface area contributed by atoms with E-state index < -0.39 is 0 Å². The van der Waals surface area contributed by atoms with E-state index in [1.54, 1.807) is 14.0 Å². The van der Waals surface area contributed by atoms with Crippen molar-refractivity contribution in [3.63, 3.8) is 0 Å². The van der Waals surface area contributed by atoms with Crippen LogP contribution in [0.25, 0.3) is 0 Å². The van der Waals surface area contributed by atoms with Crippen molar-refractivity contribution in [1.82, 2.24) is 16.0 Å². The van der Waals surface area contributed by atoms with Crippen LogP contribution in [0.1, 0.15) is 50.8 Å². The van der Waals surface area contributed by atoms with E-state index in [1.807, 2.05) is 19.1 Å². The van der Waals surface area contributed by atoms with Crippen LogP contribution in [0, 0.1) is 12.8 Å². The Hall–Kier alpha value is -2.44. The zero-order chi connectivity index (χ0) is 20.5. The lowest BCUT2D eigenvalue weighted by Crippen LogP contribution is -2.42. The number of benzene rings is 1. The van der Waals surface area contributed by atoms with Crippen molar-refractivity contribution in [2.75, 3.05) is 26.8 Å². The van der Waals surface area contributed by atoms with Crippen molar-refractivity contribution in [2.24, 2.45) is 10.9 Å². The highest BCUT2D eigenvalue weighted by Crippen LogP contribution is 2.33. The molecule has 1 aliphatic rings. The lowest BCUT2D eigenvalue weighted by Gasteiger charge is -2.22. The van der Waals surface area contributed by atoms with Crippen LogP contribution < -0.4 is 20.7 Å². The van der Waals surface area contributed by atoms with Gasteiger partial charge in [-0.3, -0.25) is 4.99 Å². The number of ether oxygens (including phenoxy) is 2. The summed E-state index contributed by atoms with van der Waals surface area (Å²) in [6.07, 6.45) is 1.87. The van der Waals surface area contributed by atoms with Crippen LogP contribution in [0.3, 0.4) is 0 Å². The van der Waals surface area contributed by atoms with Crippen molar-refractivity contribution in [1.29, 1.82) is 0 Å². The Kier molecular flexibility index (Phi) is 8.42. The first-order valence-electron chi connectivity index (χ1n) is 10.1. The minimum absolute atomic E-state index is 0.00156. The van der Waals surface area contributed by atoms with Crippen molar-refractivity contribution in [3.05, 3.63) is 29.3 Å². The average Bonchev–Trinajstić information content (AvgIpc) is 3.50. The van der Waals surface area contributed by atoms with Gasteiger partial charge in [0.2, 0.25) is 0 Å². The van der Waals surface area contributed by atoms with Gasteiger partial charge in [0.25, 0.3) is 0 Å². The number of hydrogen-bond donors (Lipinski definition) is 3. The predicted octanol–water partition coefficient (Wildman–Crippen LogP) is 3.14. The summed E-state index contributed by atoms with van der Waals surface area (Å²) >= 11 is 0. The molecule has 2 atom stereocenters. The minimum Gasteiger partial charge on any atom is -0.496 e. The molecule has 0 aromatic heterocycles. The number of alkyl carbamates (subject to hydrolysis) is 1. The Bertz CT molecular complexity index is 674. The van der Waals surface area contributed by atoms with E-state index in [-0.39, 0.29) is 18.2 Å². The number of aryl methyl sites for hydroxylation is 1. The van der Waals surface area contributed by atoms with Crippen LogP contribution in [-0.2, 0) is 4.74 Å². The van der Waals surface area contributed by atoms with Gasteiger partial charge in [-0.2, -0.15) is 0 Å². The summed E-state index contributed by atoms with van der Waals surface area (Å²) < 4.78 is 10.5. The Morgan fingerprint density at radius 1 is 1.29 bits per heavy atom. The van der Waals surface area contributed by atoms with E-state index in [2.05, 4.69) is 35.9 Å². The molecule has 0 aliphatic heterocycles. The third-order valence-corrected chi connectivity index (χ3v) is 4.76. The largest absolute Gasteiger partial charge is 0.496 e. The van der Waals surface area contributed by atoms with Crippen LogP contribution in [0.5, 0.6) is 5.75 Å². The fraction of sp³-hybridized carbons (Fsp3) is 0.619. The standard InChI is InChI=1S/C21H34N4O3/c1-6-22-20(23-13-18(16-9-10-16)25-21(26)28-7-2)24-15(4)17-12-14(3)8-11-19(17)27-5/h8,11-12,15-16,18H,6-7,9-10,13H2,1-5H3,(H,25,26)(H2,22,23,24). The molecule has 0 heterocycles. The monoisotopic (exact) mass is 390 g/mol. The molecule has 7 heteroatoms. The fourth-order valence-electron chi connectivity index (χ4n) is 3.12. The molecule has 1 fully saturated rings. The number of carbonyl (C=O) groups is 1. The molecule has 3 N–H and O–H groups in total. The molecular weight excluding hydrogens is 356 g/mol. The summed E-state index contributed by atoms with van der Waals surface area (Å²) in [6.45, 7) is 9.61. The van der Waals surface area contributed by atoms with Gasteiger partial charge >= 0.3 is 6.09 Å². The van der Waals surface area contributed by atoms with Gasteiger partial charge in [0.15, 0.2) is 5.96 Å². The zero-order valence-electron chi connectivity index (χ0n) is 17.7. The molecule has 28 heavy (non-hydrogen) atoms. The molecule has 2 rings (SSSR count). The fourth-order valence-corrected chi connectivity index (χ4v) is 3.12.